The Bertz CT molecular complexity index is 714. The van der Waals surface area contributed by atoms with Crippen LogP contribution in [0, 0.1) is 6.92 Å². The zero-order valence-corrected chi connectivity index (χ0v) is 14.5. The number of hydrogen-bond acceptors (Lipinski definition) is 5. The molecule has 1 aromatic heterocycles. The molecule has 0 aliphatic heterocycles. The fourth-order valence-corrected chi connectivity index (χ4v) is 2.72. The summed E-state index contributed by atoms with van der Waals surface area (Å²) in [4.78, 5) is 28.1. The van der Waals surface area contributed by atoms with Crippen molar-refractivity contribution in [2.24, 2.45) is 0 Å². The first-order valence-electron chi connectivity index (χ1n) is 8.32. The first-order valence-corrected chi connectivity index (χ1v) is 8.32. The van der Waals surface area contributed by atoms with Gasteiger partial charge in [-0.1, -0.05) is 42.4 Å². The smallest absolute Gasteiger partial charge is 0.315 e. The van der Waals surface area contributed by atoms with Crippen LogP contribution in [0.2, 0.25) is 0 Å². The van der Waals surface area contributed by atoms with Crippen molar-refractivity contribution >= 4 is 11.9 Å². The van der Waals surface area contributed by atoms with Crippen LogP contribution in [0.15, 0.2) is 34.9 Å². The molecule has 1 amide bonds. The lowest BCUT2D eigenvalue weighted by Gasteiger charge is -2.29. The van der Waals surface area contributed by atoms with Gasteiger partial charge >= 0.3 is 5.97 Å². The highest BCUT2D eigenvalue weighted by Crippen LogP contribution is 2.27. The summed E-state index contributed by atoms with van der Waals surface area (Å²) in [6, 6.07) is 9.00. The molecule has 0 bridgehead atoms. The number of carbonyl (C=O) groups excluding carboxylic acids is 1. The molecule has 0 spiro atoms. The number of hydrogen-bond donors (Lipinski definition) is 2. The monoisotopic (exact) mass is 345 g/mol. The number of rotatable bonds is 9. The van der Waals surface area contributed by atoms with Crippen LogP contribution >= 0.6 is 0 Å². The molecule has 0 saturated carbocycles. The van der Waals surface area contributed by atoms with Crippen LogP contribution in [0.4, 0.5) is 0 Å². The van der Waals surface area contributed by atoms with Crippen LogP contribution in [0.25, 0.3) is 0 Å². The Kier molecular flexibility index (Phi) is 6.27. The Morgan fingerprint density at radius 3 is 2.56 bits per heavy atom. The van der Waals surface area contributed by atoms with E-state index in [2.05, 4.69) is 15.5 Å². The lowest BCUT2D eigenvalue weighted by Crippen LogP contribution is -2.46. The van der Waals surface area contributed by atoms with Gasteiger partial charge in [0, 0.05) is 19.4 Å². The molecule has 1 heterocycles. The summed E-state index contributed by atoms with van der Waals surface area (Å²) in [6.07, 6.45) is 1.74. The van der Waals surface area contributed by atoms with Crippen molar-refractivity contribution in [3.05, 3.63) is 47.6 Å². The molecular formula is C18H23N3O4. The molecular weight excluding hydrogens is 322 g/mol. The van der Waals surface area contributed by atoms with Crippen molar-refractivity contribution in [2.45, 2.75) is 44.9 Å². The highest BCUT2D eigenvalue weighted by molar-refractivity contribution is 5.83. The van der Waals surface area contributed by atoms with Crippen molar-refractivity contribution in [2.75, 3.05) is 6.54 Å². The first kappa shape index (κ1) is 18.6. The van der Waals surface area contributed by atoms with Crippen LogP contribution in [0.1, 0.15) is 43.5 Å². The highest BCUT2D eigenvalue weighted by Gasteiger charge is 2.38. The largest absolute Gasteiger partial charge is 0.481 e. The third kappa shape index (κ3) is 4.65. The standard InChI is InChI=1S/C18H23N3O4/c1-3-18(17(23)24,14-8-5-4-6-9-14)12-19-15(22)10-7-11-16-20-13(2)21-25-16/h4-6,8-9H,3,7,10-12H2,1-2H3,(H,19,22)(H,23,24). The number of carboxylic acid groups (broad SMARTS) is 1. The van der Waals surface area contributed by atoms with Gasteiger partial charge in [0.05, 0.1) is 0 Å². The molecule has 0 fully saturated rings. The van der Waals surface area contributed by atoms with E-state index in [9.17, 15) is 14.7 Å². The minimum absolute atomic E-state index is 0.0569. The number of amides is 1. The van der Waals surface area contributed by atoms with Crippen LogP contribution in [0.3, 0.4) is 0 Å². The second kappa shape index (κ2) is 8.41. The molecule has 7 heteroatoms. The van der Waals surface area contributed by atoms with Gasteiger partial charge in [0.15, 0.2) is 5.82 Å². The van der Waals surface area contributed by atoms with Crippen molar-refractivity contribution in [3.8, 4) is 0 Å². The molecule has 0 saturated heterocycles. The van der Waals surface area contributed by atoms with Crippen LogP contribution < -0.4 is 5.32 Å². The van der Waals surface area contributed by atoms with E-state index >= 15 is 0 Å². The molecule has 0 aliphatic rings. The summed E-state index contributed by atoms with van der Waals surface area (Å²) in [7, 11) is 0. The summed E-state index contributed by atoms with van der Waals surface area (Å²) in [5.74, 6) is -0.0615. The fourth-order valence-electron chi connectivity index (χ4n) is 2.72. The number of carboxylic acids is 1. The molecule has 25 heavy (non-hydrogen) atoms. The maximum absolute atomic E-state index is 12.1. The lowest BCUT2D eigenvalue weighted by molar-refractivity contribution is -0.144. The normalized spacial score (nSPS) is 13.2. The van der Waals surface area contributed by atoms with Crippen LogP contribution in [0.5, 0.6) is 0 Å². The molecule has 0 aliphatic carbocycles. The van der Waals surface area contributed by atoms with Crippen molar-refractivity contribution in [1.29, 1.82) is 0 Å². The van der Waals surface area contributed by atoms with E-state index in [1.54, 1.807) is 31.2 Å². The van der Waals surface area contributed by atoms with Crippen molar-refractivity contribution in [1.82, 2.24) is 15.5 Å². The maximum atomic E-state index is 12.1. The Balaban J connectivity index is 1.91. The average molecular weight is 345 g/mol. The quantitative estimate of drug-likeness (QED) is 0.722. The molecule has 2 N–H and O–H groups in total. The van der Waals surface area contributed by atoms with Gasteiger partial charge in [-0.25, -0.2) is 0 Å². The molecule has 1 unspecified atom stereocenters. The summed E-state index contributed by atoms with van der Waals surface area (Å²) < 4.78 is 5.00. The van der Waals surface area contributed by atoms with E-state index in [4.69, 9.17) is 4.52 Å². The number of carbonyl (C=O) groups is 2. The van der Waals surface area contributed by atoms with Gasteiger partial charge in [-0.3, -0.25) is 9.59 Å². The highest BCUT2D eigenvalue weighted by atomic mass is 16.5. The minimum Gasteiger partial charge on any atom is -0.481 e. The number of aliphatic carboxylic acids is 1. The van der Waals surface area contributed by atoms with Gasteiger partial charge < -0.3 is 14.9 Å². The van der Waals surface area contributed by atoms with E-state index < -0.39 is 11.4 Å². The van der Waals surface area contributed by atoms with Crippen molar-refractivity contribution in [3.63, 3.8) is 0 Å². The number of benzene rings is 1. The Labute approximate surface area is 146 Å². The third-order valence-electron chi connectivity index (χ3n) is 4.29. The third-order valence-corrected chi connectivity index (χ3v) is 4.29. The number of nitrogens with zero attached hydrogens (tertiary/aromatic N) is 2. The van der Waals surface area contributed by atoms with Gasteiger partial charge in [-0.15, -0.1) is 0 Å². The summed E-state index contributed by atoms with van der Waals surface area (Å²) in [5.41, 5.74) is -0.438. The topological polar surface area (TPSA) is 105 Å². The molecule has 134 valence electrons. The van der Waals surface area contributed by atoms with Gasteiger partial charge in [0.25, 0.3) is 0 Å². The number of aryl methyl sites for hydroxylation is 2. The molecule has 7 nitrogen and oxygen atoms in total. The van der Waals surface area contributed by atoms with Crippen molar-refractivity contribution < 1.29 is 19.2 Å². The van der Waals surface area contributed by atoms with Gasteiger partial charge in [-0.2, -0.15) is 4.98 Å². The second-order valence-electron chi connectivity index (χ2n) is 5.97. The molecule has 2 aromatic rings. The van der Waals surface area contributed by atoms with Gasteiger partial charge in [0.1, 0.15) is 5.41 Å². The summed E-state index contributed by atoms with van der Waals surface area (Å²) in [5, 5.41) is 16.2. The van der Waals surface area contributed by atoms with E-state index in [0.717, 1.165) is 0 Å². The summed E-state index contributed by atoms with van der Waals surface area (Å²) >= 11 is 0. The molecule has 2 rings (SSSR count). The maximum Gasteiger partial charge on any atom is 0.315 e. The minimum atomic E-state index is -1.12. The zero-order valence-electron chi connectivity index (χ0n) is 14.5. The predicted molar refractivity (Wildman–Crippen MR) is 91.0 cm³/mol. The van der Waals surface area contributed by atoms with E-state index in [1.807, 2.05) is 13.0 Å². The SMILES string of the molecule is CCC(CNC(=O)CCCc1nc(C)no1)(C(=O)O)c1ccccc1. The Hall–Kier alpha value is -2.70. The Morgan fingerprint density at radius 1 is 1.28 bits per heavy atom. The molecule has 0 radical (unpaired) electrons. The lowest BCUT2D eigenvalue weighted by atomic mass is 9.78. The van der Waals surface area contributed by atoms with Crippen LogP contribution in [-0.4, -0.2) is 33.7 Å². The van der Waals surface area contributed by atoms with Gasteiger partial charge in [0.2, 0.25) is 11.8 Å². The average Bonchev–Trinajstić information content (AvgIpc) is 3.02. The number of nitrogens with one attached hydrogen (secondary N) is 1. The Morgan fingerprint density at radius 2 is 2.00 bits per heavy atom. The molecule has 1 atom stereocenters. The van der Waals surface area contributed by atoms with E-state index in [1.165, 1.54) is 0 Å². The van der Waals surface area contributed by atoms with E-state index in [0.29, 0.717) is 36.5 Å². The van der Waals surface area contributed by atoms with Crippen LogP contribution in [-0.2, 0) is 21.4 Å². The summed E-state index contributed by atoms with van der Waals surface area (Å²) in [6.45, 7) is 3.60. The second-order valence-corrected chi connectivity index (χ2v) is 5.97. The number of aromatic nitrogens is 2. The first-order chi connectivity index (χ1) is 12.0. The predicted octanol–water partition coefficient (Wildman–Crippen LogP) is 2.25. The van der Waals surface area contributed by atoms with Gasteiger partial charge in [-0.05, 0) is 25.3 Å². The molecule has 1 aromatic carbocycles. The zero-order chi connectivity index (χ0) is 18.3. The van der Waals surface area contributed by atoms with E-state index in [-0.39, 0.29) is 18.9 Å². The fraction of sp³-hybridized carbons (Fsp3) is 0.444.